The fourth-order valence-electron chi connectivity index (χ4n) is 7.32. The predicted octanol–water partition coefficient (Wildman–Crippen LogP) is 12.8. The van der Waals surface area contributed by atoms with E-state index in [1.54, 1.807) is 24.5 Å². The third-order valence-electron chi connectivity index (χ3n) is 10.4. The van der Waals surface area contributed by atoms with Crippen molar-refractivity contribution in [3.63, 3.8) is 0 Å². The highest BCUT2D eigenvalue weighted by atomic mass is 19.4. The summed E-state index contributed by atoms with van der Waals surface area (Å²) in [6.07, 6.45) is -47.6. The Hall–Kier alpha value is -6.51. The van der Waals surface area contributed by atoms with Gasteiger partial charge in [0.15, 0.2) is 18.9 Å². The molecule has 0 amide bonds. The molecule has 0 bridgehead atoms. The van der Waals surface area contributed by atoms with Crippen molar-refractivity contribution in [3.05, 3.63) is 178 Å². The Morgan fingerprint density at radius 1 is 0.324 bits per heavy atom. The molecule has 0 radical (unpaired) electrons. The Labute approximate surface area is 380 Å². The van der Waals surface area contributed by atoms with Crippen molar-refractivity contribution in [1.29, 1.82) is 0 Å². The SMILES string of the molecule is FC(F)(F)c1cc([B-](c2cc(C(F)(F)F)cc(C(F)(F)F)c2)(c2cc(C(F)(F)F)cc(C(F)(F)F)c2)c2cc(C(F)(F)F)cc(C(F)(F)F)c2)cc(C(F)(F)F)c1.Fc1ccc(C[n+]2ccncc2)cc1. The average molecular weight is 1050 g/mol. The van der Waals surface area contributed by atoms with Crippen molar-refractivity contribution in [2.24, 2.45) is 0 Å². The van der Waals surface area contributed by atoms with E-state index < -0.39 is 195 Å². The van der Waals surface area contributed by atoms with Crippen LogP contribution >= 0.6 is 0 Å². The Bertz CT molecular complexity index is 2390. The van der Waals surface area contributed by atoms with Gasteiger partial charge in [-0.1, -0.05) is 48.5 Å². The van der Waals surface area contributed by atoms with Crippen LogP contribution in [0.1, 0.15) is 50.1 Å². The van der Waals surface area contributed by atoms with Gasteiger partial charge in [-0.15, -0.1) is 0 Å². The number of halogens is 25. The molecular weight excluding hydrogens is 1030 g/mol. The number of nitrogens with zero attached hydrogens (tertiary/aromatic N) is 2. The van der Waals surface area contributed by atoms with E-state index in [0.717, 1.165) is 12.1 Å². The summed E-state index contributed by atoms with van der Waals surface area (Å²) in [6, 6.07) is -2.31. The van der Waals surface area contributed by atoms with Gasteiger partial charge in [0, 0.05) is 5.56 Å². The second kappa shape index (κ2) is 18.9. The molecule has 0 aliphatic heterocycles. The van der Waals surface area contributed by atoms with Crippen LogP contribution in [-0.2, 0) is 56.0 Å². The zero-order valence-corrected chi connectivity index (χ0v) is 34.2. The minimum Gasteiger partial charge on any atom is -0.252 e. The molecule has 0 aliphatic rings. The molecular formula is C43H22BF25N2. The molecule has 0 spiro atoms. The topological polar surface area (TPSA) is 16.8 Å². The molecule has 1 heterocycles. The molecule has 28 heteroatoms. The van der Waals surface area contributed by atoms with E-state index in [1.807, 2.05) is 17.0 Å². The molecule has 0 saturated heterocycles. The maximum absolute atomic E-state index is 14.2. The lowest BCUT2D eigenvalue weighted by Crippen LogP contribution is -2.75. The molecule has 5 aromatic carbocycles. The zero-order chi connectivity index (χ0) is 53.7. The lowest BCUT2D eigenvalue weighted by molar-refractivity contribution is -0.688. The lowest BCUT2D eigenvalue weighted by atomic mass is 9.12. The van der Waals surface area contributed by atoms with E-state index in [9.17, 15) is 110 Å². The molecule has 0 atom stereocenters. The van der Waals surface area contributed by atoms with Gasteiger partial charge in [0.2, 0.25) is 0 Å². The monoisotopic (exact) mass is 1050 g/mol. The first kappa shape index (κ1) is 55.4. The molecule has 6 aromatic rings. The third-order valence-corrected chi connectivity index (χ3v) is 10.4. The van der Waals surface area contributed by atoms with Crippen LogP contribution in [0.3, 0.4) is 0 Å². The smallest absolute Gasteiger partial charge is 0.252 e. The highest BCUT2D eigenvalue weighted by molar-refractivity contribution is 7.20. The highest BCUT2D eigenvalue weighted by Gasteiger charge is 2.47. The number of rotatable bonds is 6. The van der Waals surface area contributed by atoms with E-state index in [4.69, 9.17) is 0 Å². The molecule has 0 fully saturated rings. The van der Waals surface area contributed by atoms with Crippen LogP contribution < -0.4 is 26.4 Å². The van der Waals surface area contributed by atoms with Gasteiger partial charge in [0.25, 0.3) is 0 Å². The van der Waals surface area contributed by atoms with Crippen LogP contribution in [0, 0.1) is 5.82 Å². The molecule has 0 saturated carbocycles. The quantitative estimate of drug-likeness (QED) is 0.0923. The van der Waals surface area contributed by atoms with Gasteiger partial charge < -0.3 is 0 Å². The van der Waals surface area contributed by atoms with Crippen LogP contribution in [0.15, 0.2) is 122 Å². The molecule has 6 rings (SSSR count). The van der Waals surface area contributed by atoms with Gasteiger partial charge in [-0.2, -0.15) is 132 Å². The average Bonchev–Trinajstić information content (AvgIpc) is 3.22. The maximum atomic E-state index is 14.2. The molecule has 0 N–H and O–H groups in total. The van der Waals surface area contributed by atoms with Crippen molar-refractivity contribution in [2.75, 3.05) is 0 Å². The van der Waals surface area contributed by atoms with Gasteiger partial charge in [-0.25, -0.2) is 4.39 Å². The summed E-state index contributed by atoms with van der Waals surface area (Å²) in [5, 5.41) is 0. The first-order valence-corrected chi connectivity index (χ1v) is 19.0. The number of aromatic nitrogens is 2. The Kier molecular flexibility index (Phi) is 14.8. The van der Waals surface area contributed by atoms with E-state index in [1.165, 1.54) is 12.1 Å². The molecule has 71 heavy (non-hydrogen) atoms. The van der Waals surface area contributed by atoms with Crippen LogP contribution in [0.4, 0.5) is 110 Å². The van der Waals surface area contributed by atoms with Gasteiger partial charge in [0.05, 0.1) is 56.9 Å². The first-order valence-electron chi connectivity index (χ1n) is 19.0. The summed E-state index contributed by atoms with van der Waals surface area (Å²) < 4.78 is 355. The molecule has 1 aromatic heterocycles. The number of alkyl halides is 24. The van der Waals surface area contributed by atoms with Crippen LogP contribution in [-0.4, -0.2) is 11.1 Å². The standard InChI is InChI=1S/C32H12BF24.C11H10FN2/c34-25(35,36)13-1-14(26(37,38)39)6-21(5-13)33(22-7-15(27(40,41)42)2-16(8-22)28(43,44)45,23-9-17(29(46,47)48)3-18(10-23)30(49,50)51)24-11-19(31(52,53)54)4-20(12-24)32(55,56)57;12-11-3-1-10(2-4-11)9-14-7-5-13-6-8-14/h1-12H;1-8H,9H2/q-1;+1. The second-order valence-corrected chi connectivity index (χ2v) is 15.3. The predicted molar refractivity (Wildman–Crippen MR) is 200 cm³/mol. The molecule has 0 aliphatic carbocycles. The van der Waals surface area contributed by atoms with Gasteiger partial charge in [-0.3, -0.25) is 4.98 Å². The summed E-state index contributed by atoms with van der Waals surface area (Å²) in [4.78, 5) is 3.92. The Balaban J connectivity index is 0.000000569. The van der Waals surface area contributed by atoms with E-state index >= 15 is 0 Å². The number of hydrogen-bond donors (Lipinski definition) is 0. The summed E-state index contributed by atoms with van der Waals surface area (Å²) in [7, 11) is 0. The zero-order valence-electron chi connectivity index (χ0n) is 34.2. The lowest BCUT2D eigenvalue weighted by Gasteiger charge is -2.46. The maximum Gasteiger partial charge on any atom is 0.416 e. The summed E-state index contributed by atoms with van der Waals surface area (Å²) in [6.45, 7) is 0.739. The van der Waals surface area contributed by atoms with Crippen molar-refractivity contribution < 1.29 is 114 Å². The number of benzene rings is 5. The van der Waals surface area contributed by atoms with Crippen molar-refractivity contribution in [3.8, 4) is 0 Å². The van der Waals surface area contributed by atoms with E-state index in [2.05, 4.69) is 4.98 Å². The number of hydrogen-bond acceptors (Lipinski definition) is 1. The Morgan fingerprint density at radius 3 is 0.732 bits per heavy atom. The summed E-state index contributed by atoms with van der Waals surface area (Å²) in [5.41, 5.74) is -29.1. The van der Waals surface area contributed by atoms with Crippen LogP contribution in [0.25, 0.3) is 0 Å². The summed E-state index contributed by atoms with van der Waals surface area (Å²) >= 11 is 0. The van der Waals surface area contributed by atoms with Crippen LogP contribution in [0.2, 0.25) is 0 Å². The minimum absolute atomic E-state index is 0.200. The highest BCUT2D eigenvalue weighted by Crippen LogP contribution is 2.41. The molecule has 382 valence electrons. The largest absolute Gasteiger partial charge is 0.416 e. The molecule has 0 unspecified atom stereocenters. The van der Waals surface area contributed by atoms with Gasteiger partial charge in [-0.05, 0) is 48.5 Å². The van der Waals surface area contributed by atoms with Crippen molar-refractivity contribution in [1.82, 2.24) is 4.98 Å². The third kappa shape index (κ3) is 13.1. The van der Waals surface area contributed by atoms with Gasteiger partial charge >= 0.3 is 49.4 Å². The van der Waals surface area contributed by atoms with E-state index in [-0.39, 0.29) is 5.82 Å². The Morgan fingerprint density at radius 2 is 0.535 bits per heavy atom. The second-order valence-electron chi connectivity index (χ2n) is 15.3. The van der Waals surface area contributed by atoms with Crippen molar-refractivity contribution in [2.45, 2.75) is 56.0 Å². The minimum atomic E-state index is -6.13. The summed E-state index contributed by atoms with van der Waals surface area (Å²) in [5.74, 6) is -0.200. The normalized spacial score (nSPS) is 13.5. The molecule has 2 nitrogen and oxygen atoms in total. The van der Waals surface area contributed by atoms with Gasteiger partial charge in [0.1, 0.15) is 12.0 Å². The first-order chi connectivity index (χ1) is 32.1. The fourth-order valence-corrected chi connectivity index (χ4v) is 7.32. The van der Waals surface area contributed by atoms with Crippen molar-refractivity contribution >= 4 is 28.0 Å². The van der Waals surface area contributed by atoms with Crippen LogP contribution in [0.5, 0.6) is 0 Å². The van der Waals surface area contributed by atoms with E-state index in [0.29, 0.717) is 0 Å². The fraction of sp³-hybridized carbons (Fsp3) is 0.209.